The standard InChI is InChI=1S/C13H20FN3O/c1-2-11(17-7-5-16-6-8-17)9-3-4-10(14)12(15)13(9)18/h3-4,11,16,18H,2,5-8,15H2,1H3/t11-/m1/s1. The highest BCUT2D eigenvalue weighted by molar-refractivity contribution is 5.57. The van der Waals surface area contributed by atoms with Crippen molar-refractivity contribution in [2.45, 2.75) is 19.4 Å². The zero-order valence-electron chi connectivity index (χ0n) is 10.6. The van der Waals surface area contributed by atoms with Gasteiger partial charge in [-0.2, -0.15) is 0 Å². The van der Waals surface area contributed by atoms with Gasteiger partial charge in [-0.1, -0.05) is 13.0 Å². The van der Waals surface area contributed by atoms with E-state index in [9.17, 15) is 9.50 Å². The second kappa shape index (κ2) is 5.54. The molecule has 4 nitrogen and oxygen atoms in total. The number of phenolic OH excluding ortho intramolecular Hbond substituents is 1. The van der Waals surface area contributed by atoms with Gasteiger partial charge in [0.05, 0.1) is 0 Å². The van der Waals surface area contributed by atoms with E-state index in [4.69, 9.17) is 5.73 Å². The molecule has 1 saturated heterocycles. The summed E-state index contributed by atoms with van der Waals surface area (Å²) in [5.41, 5.74) is 6.12. The molecule has 1 atom stereocenters. The summed E-state index contributed by atoms with van der Waals surface area (Å²) < 4.78 is 13.3. The van der Waals surface area contributed by atoms with Crippen molar-refractivity contribution in [1.82, 2.24) is 10.2 Å². The van der Waals surface area contributed by atoms with Crippen molar-refractivity contribution in [2.75, 3.05) is 31.9 Å². The number of nitrogen functional groups attached to an aromatic ring is 1. The number of aromatic hydroxyl groups is 1. The highest BCUT2D eigenvalue weighted by Gasteiger charge is 2.24. The molecule has 5 heteroatoms. The van der Waals surface area contributed by atoms with Gasteiger partial charge in [0.2, 0.25) is 0 Å². The molecule has 0 bridgehead atoms. The zero-order chi connectivity index (χ0) is 13.1. The van der Waals surface area contributed by atoms with E-state index in [1.807, 2.05) is 0 Å². The maximum Gasteiger partial charge on any atom is 0.149 e. The van der Waals surface area contributed by atoms with Gasteiger partial charge >= 0.3 is 0 Å². The van der Waals surface area contributed by atoms with Crippen LogP contribution in [0.4, 0.5) is 10.1 Å². The summed E-state index contributed by atoms with van der Waals surface area (Å²) in [5.74, 6) is -0.674. The number of piperazine rings is 1. The largest absolute Gasteiger partial charge is 0.505 e. The highest BCUT2D eigenvalue weighted by atomic mass is 19.1. The van der Waals surface area contributed by atoms with Crippen LogP contribution in [-0.2, 0) is 0 Å². The number of anilines is 1. The lowest BCUT2D eigenvalue weighted by molar-refractivity contribution is 0.167. The molecule has 0 spiro atoms. The molecule has 0 aliphatic carbocycles. The third kappa shape index (κ3) is 2.42. The number of benzene rings is 1. The fourth-order valence-electron chi connectivity index (χ4n) is 2.54. The number of nitrogens with zero attached hydrogens (tertiary/aromatic N) is 1. The summed E-state index contributed by atoms with van der Waals surface area (Å²) in [6.07, 6.45) is 0.860. The molecule has 100 valence electrons. The van der Waals surface area contributed by atoms with Crippen LogP contribution in [-0.4, -0.2) is 36.2 Å². The van der Waals surface area contributed by atoms with Crippen molar-refractivity contribution in [2.24, 2.45) is 0 Å². The number of hydrogen-bond donors (Lipinski definition) is 3. The molecule has 1 aromatic carbocycles. The average molecular weight is 253 g/mol. The molecule has 0 unspecified atom stereocenters. The number of rotatable bonds is 3. The molecule has 0 amide bonds. The van der Waals surface area contributed by atoms with Crippen LogP contribution in [0.15, 0.2) is 12.1 Å². The number of nitrogens with two attached hydrogens (primary N) is 1. The van der Waals surface area contributed by atoms with Crippen LogP contribution < -0.4 is 11.1 Å². The normalized spacial score (nSPS) is 18.8. The van der Waals surface area contributed by atoms with Crippen LogP contribution in [0.3, 0.4) is 0 Å². The van der Waals surface area contributed by atoms with Gasteiger partial charge in [0.1, 0.15) is 17.3 Å². The summed E-state index contributed by atoms with van der Waals surface area (Å²) >= 11 is 0. The van der Waals surface area contributed by atoms with Crippen LogP contribution in [0.2, 0.25) is 0 Å². The molecule has 1 aliphatic heterocycles. The smallest absolute Gasteiger partial charge is 0.149 e. The van der Waals surface area contributed by atoms with E-state index < -0.39 is 5.82 Å². The third-order valence-corrected chi connectivity index (χ3v) is 3.53. The van der Waals surface area contributed by atoms with Gasteiger partial charge in [0, 0.05) is 37.8 Å². The van der Waals surface area contributed by atoms with Crippen LogP contribution in [0.25, 0.3) is 0 Å². The summed E-state index contributed by atoms with van der Waals surface area (Å²) in [6.45, 7) is 5.79. The van der Waals surface area contributed by atoms with E-state index in [1.54, 1.807) is 6.07 Å². The molecule has 0 aromatic heterocycles. The van der Waals surface area contributed by atoms with Crippen LogP contribution in [0.5, 0.6) is 5.75 Å². The number of nitrogens with one attached hydrogen (secondary N) is 1. The Balaban J connectivity index is 2.29. The van der Waals surface area contributed by atoms with Crippen molar-refractivity contribution >= 4 is 5.69 Å². The number of phenols is 1. The Kier molecular flexibility index (Phi) is 4.04. The molecular formula is C13H20FN3O. The van der Waals surface area contributed by atoms with Crippen LogP contribution in [0, 0.1) is 5.82 Å². The highest BCUT2D eigenvalue weighted by Crippen LogP contribution is 2.36. The van der Waals surface area contributed by atoms with Gasteiger partial charge in [0.15, 0.2) is 0 Å². The summed E-state index contributed by atoms with van der Waals surface area (Å²) in [6, 6.07) is 3.06. The first-order valence-electron chi connectivity index (χ1n) is 6.36. The van der Waals surface area contributed by atoms with Crippen LogP contribution in [0.1, 0.15) is 24.9 Å². The minimum atomic E-state index is -0.564. The second-order valence-corrected chi connectivity index (χ2v) is 4.61. The summed E-state index contributed by atoms with van der Waals surface area (Å²) in [7, 11) is 0. The molecular weight excluding hydrogens is 233 g/mol. The lowest BCUT2D eigenvalue weighted by atomic mass is 10.00. The van der Waals surface area contributed by atoms with Gasteiger partial charge in [-0.25, -0.2) is 4.39 Å². The molecule has 1 heterocycles. The van der Waals surface area contributed by atoms with Crippen LogP contribution >= 0.6 is 0 Å². The Morgan fingerprint density at radius 3 is 2.72 bits per heavy atom. The molecule has 1 aliphatic rings. The molecule has 0 saturated carbocycles. The minimum absolute atomic E-state index is 0.0926. The molecule has 2 rings (SSSR count). The quantitative estimate of drug-likeness (QED) is 0.564. The Labute approximate surface area is 107 Å². The number of hydrogen-bond acceptors (Lipinski definition) is 4. The van der Waals surface area contributed by atoms with E-state index in [0.717, 1.165) is 38.2 Å². The fraction of sp³-hybridized carbons (Fsp3) is 0.538. The molecule has 1 fully saturated rings. The summed E-state index contributed by atoms with van der Waals surface area (Å²) in [5, 5.41) is 13.3. The Bertz CT molecular complexity index is 419. The van der Waals surface area contributed by atoms with E-state index >= 15 is 0 Å². The van der Waals surface area contributed by atoms with Crippen molar-refractivity contribution < 1.29 is 9.50 Å². The maximum atomic E-state index is 13.3. The van der Waals surface area contributed by atoms with Crippen molar-refractivity contribution in [3.05, 3.63) is 23.5 Å². The SMILES string of the molecule is CC[C@H](c1ccc(F)c(N)c1O)N1CCNCC1. The molecule has 0 radical (unpaired) electrons. The maximum absolute atomic E-state index is 13.3. The minimum Gasteiger partial charge on any atom is -0.505 e. The Morgan fingerprint density at radius 1 is 1.44 bits per heavy atom. The van der Waals surface area contributed by atoms with Gasteiger partial charge in [0.25, 0.3) is 0 Å². The molecule has 4 N–H and O–H groups in total. The molecule has 1 aromatic rings. The first-order chi connectivity index (χ1) is 8.65. The van der Waals surface area contributed by atoms with Crippen molar-refractivity contribution in [3.8, 4) is 5.75 Å². The van der Waals surface area contributed by atoms with E-state index in [-0.39, 0.29) is 17.5 Å². The van der Waals surface area contributed by atoms with Gasteiger partial charge in [-0.05, 0) is 12.5 Å². The first kappa shape index (κ1) is 13.1. The lowest BCUT2D eigenvalue weighted by Gasteiger charge is -2.35. The fourth-order valence-corrected chi connectivity index (χ4v) is 2.54. The van der Waals surface area contributed by atoms with Crippen molar-refractivity contribution in [1.29, 1.82) is 0 Å². The predicted molar refractivity (Wildman–Crippen MR) is 70.0 cm³/mol. The summed E-state index contributed by atoms with van der Waals surface area (Å²) in [4.78, 5) is 2.29. The lowest BCUT2D eigenvalue weighted by Crippen LogP contribution is -2.45. The van der Waals surface area contributed by atoms with E-state index in [1.165, 1.54) is 6.07 Å². The zero-order valence-corrected chi connectivity index (χ0v) is 10.6. The second-order valence-electron chi connectivity index (χ2n) is 4.61. The predicted octanol–water partition coefficient (Wildman–Crippen LogP) is 1.47. The molecule has 18 heavy (non-hydrogen) atoms. The Hall–Kier alpha value is -1.33. The monoisotopic (exact) mass is 253 g/mol. The third-order valence-electron chi connectivity index (χ3n) is 3.53. The van der Waals surface area contributed by atoms with Gasteiger partial charge in [-0.15, -0.1) is 0 Å². The average Bonchev–Trinajstić information content (AvgIpc) is 2.41. The first-order valence-corrected chi connectivity index (χ1v) is 6.36. The van der Waals surface area contributed by atoms with Gasteiger partial charge in [-0.3, -0.25) is 4.90 Å². The van der Waals surface area contributed by atoms with E-state index in [2.05, 4.69) is 17.1 Å². The van der Waals surface area contributed by atoms with E-state index in [0.29, 0.717) is 0 Å². The van der Waals surface area contributed by atoms with Gasteiger partial charge < -0.3 is 16.2 Å². The topological polar surface area (TPSA) is 61.5 Å². The Morgan fingerprint density at radius 2 is 2.11 bits per heavy atom. The van der Waals surface area contributed by atoms with Crippen molar-refractivity contribution in [3.63, 3.8) is 0 Å². The number of halogens is 1.